The molecule has 2 aromatic carbocycles. The summed E-state index contributed by atoms with van der Waals surface area (Å²) in [5.74, 6) is 1.91. The molecule has 0 aliphatic carbocycles. The molecule has 0 aliphatic heterocycles. The number of hydrogen-bond acceptors (Lipinski definition) is 5. The summed E-state index contributed by atoms with van der Waals surface area (Å²) in [6.45, 7) is 16.8. The molecule has 41 heavy (non-hydrogen) atoms. The number of benzene rings is 2. The van der Waals surface area contributed by atoms with E-state index in [0.29, 0.717) is 0 Å². The highest BCUT2D eigenvalue weighted by molar-refractivity contribution is 6.81. The Balaban J connectivity index is 2.96. The van der Waals surface area contributed by atoms with Gasteiger partial charge in [0.05, 0.1) is 11.4 Å². The minimum Gasteiger partial charge on any atom is -0.465 e. The number of aryl methyl sites for hydroxylation is 4. The van der Waals surface area contributed by atoms with Gasteiger partial charge in [-0.15, -0.1) is 0 Å². The third-order valence-electron chi connectivity index (χ3n) is 7.44. The van der Waals surface area contributed by atoms with Crippen LogP contribution in [0.4, 0.5) is 11.4 Å². The Morgan fingerprint density at radius 3 is 1.24 bits per heavy atom. The summed E-state index contributed by atoms with van der Waals surface area (Å²) in [5.41, 5.74) is 7.63. The van der Waals surface area contributed by atoms with Crippen LogP contribution in [0, 0.1) is 0 Å². The summed E-state index contributed by atoms with van der Waals surface area (Å²) in [6.07, 6.45) is 13.4. The molecule has 5 nitrogen and oxygen atoms in total. The van der Waals surface area contributed by atoms with Crippen LogP contribution in [-0.4, -0.2) is 36.0 Å². The molecule has 0 radical (unpaired) electrons. The number of rotatable bonds is 21. The Hall–Kier alpha value is -2.02. The van der Waals surface area contributed by atoms with Crippen molar-refractivity contribution in [3.8, 4) is 11.5 Å². The fraction of sp³-hybridized carbons (Fsp3) is 0.657. The van der Waals surface area contributed by atoms with E-state index in [-0.39, 0.29) is 13.6 Å². The van der Waals surface area contributed by atoms with E-state index in [0.717, 1.165) is 74.2 Å². The summed E-state index contributed by atoms with van der Waals surface area (Å²) in [7, 11) is 1.36. The van der Waals surface area contributed by atoms with Gasteiger partial charge in [-0.25, -0.2) is 0 Å². The summed E-state index contributed by atoms with van der Waals surface area (Å²) < 4.78 is 26.5. The molecule has 0 heterocycles. The molecule has 2 rings (SSSR count). The zero-order valence-corrected chi connectivity index (χ0v) is 28.8. The molecule has 0 unspecified atom stereocenters. The lowest BCUT2D eigenvalue weighted by atomic mass is 9.98. The average Bonchev–Trinajstić information content (AvgIpc) is 2.94. The minimum absolute atomic E-state index is 0.227. The van der Waals surface area contributed by atoms with Crippen molar-refractivity contribution in [2.24, 2.45) is 0 Å². The molecule has 232 valence electrons. The first kappa shape index (κ1) is 35.2. The standard InChI is InChI=1S/C35H59NO4Si/c1-10-14-18-28-22-30(20-16-12-3)34(39-26-37-5)32(24-28)36(41(7,8)9)33-25-29(19-15-11-2)23-31(21-17-13-4)35(33)40-27-38-6/h22-25H,10-21,26-27H2,1-9H3. The van der Waals surface area contributed by atoms with Crippen LogP contribution in [0.3, 0.4) is 0 Å². The fourth-order valence-electron chi connectivity index (χ4n) is 5.38. The molecule has 6 heteroatoms. The Morgan fingerprint density at radius 1 is 0.561 bits per heavy atom. The number of nitrogens with zero attached hydrogens (tertiary/aromatic N) is 1. The van der Waals surface area contributed by atoms with Crippen LogP contribution in [0.2, 0.25) is 19.6 Å². The lowest BCUT2D eigenvalue weighted by Gasteiger charge is -2.40. The second kappa shape index (κ2) is 18.5. The van der Waals surface area contributed by atoms with Gasteiger partial charge in [-0.05, 0) is 85.8 Å². The maximum absolute atomic E-state index is 6.48. The average molecular weight is 586 g/mol. The lowest BCUT2D eigenvalue weighted by molar-refractivity contribution is 0.0504. The third kappa shape index (κ3) is 10.6. The van der Waals surface area contributed by atoms with Gasteiger partial charge in [0.25, 0.3) is 0 Å². The molecule has 0 amide bonds. The van der Waals surface area contributed by atoms with Crippen molar-refractivity contribution >= 4 is 19.6 Å². The van der Waals surface area contributed by atoms with E-state index in [1.54, 1.807) is 14.2 Å². The predicted molar refractivity (Wildman–Crippen MR) is 178 cm³/mol. The normalized spacial score (nSPS) is 11.6. The maximum Gasteiger partial charge on any atom is 0.188 e. The highest BCUT2D eigenvalue weighted by Gasteiger charge is 2.33. The molecule has 0 saturated heterocycles. The highest BCUT2D eigenvalue weighted by Crippen LogP contribution is 2.47. The zero-order valence-electron chi connectivity index (χ0n) is 27.8. The highest BCUT2D eigenvalue weighted by atomic mass is 28.3. The smallest absolute Gasteiger partial charge is 0.188 e. The van der Waals surface area contributed by atoms with Crippen molar-refractivity contribution in [2.75, 3.05) is 32.4 Å². The van der Waals surface area contributed by atoms with Crippen LogP contribution in [0.25, 0.3) is 0 Å². The monoisotopic (exact) mass is 585 g/mol. The summed E-state index contributed by atoms with van der Waals surface area (Å²) in [4.78, 5) is 0. The zero-order chi connectivity index (χ0) is 30.3. The van der Waals surface area contributed by atoms with Gasteiger partial charge in [0.2, 0.25) is 0 Å². The van der Waals surface area contributed by atoms with Gasteiger partial charge in [0.15, 0.2) is 21.8 Å². The van der Waals surface area contributed by atoms with Crippen molar-refractivity contribution < 1.29 is 18.9 Å². The topological polar surface area (TPSA) is 40.2 Å². The molecule has 0 bridgehead atoms. The van der Waals surface area contributed by atoms with Gasteiger partial charge < -0.3 is 23.5 Å². The van der Waals surface area contributed by atoms with E-state index in [1.807, 2.05) is 0 Å². The van der Waals surface area contributed by atoms with E-state index in [4.69, 9.17) is 18.9 Å². The van der Waals surface area contributed by atoms with Crippen LogP contribution in [0.1, 0.15) is 101 Å². The molecule has 0 aliphatic rings. The van der Waals surface area contributed by atoms with E-state index in [2.05, 4.69) is 76.2 Å². The van der Waals surface area contributed by atoms with Crippen molar-refractivity contribution in [1.29, 1.82) is 0 Å². The predicted octanol–water partition coefficient (Wildman–Crippen LogP) is 10.00. The fourth-order valence-corrected chi connectivity index (χ4v) is 7.16. The van der Waals surface area contributed by atoms with Gasteiger partial charge >= 0.3 is 0 Å². The summed E-state index contributed by atoms with van der Waals surface area (Å²) >= 11 is 0. The number of hydrogen-bond donors (Lipinski definition) is 0. The number of unbranched alkanes of at least 4 members (excludes halogenated alkanes) is 4. The van der Waals surface area contributed by atoms with Crippen LogP contribution in [0.5, 0.6) is 11.5 Å². The Labute approximate surface area is 253 Å². The second-order valence-corrected chi connectivity index (χ2v) is 17.0. The minimum atomic E-state index is -2.03. The molecule has 0 atom stereocenters. The van der Waals surface area contributed by atoms with Crippen molar-refractivity contribution in [2.45, 2.75) is 124 Å². The lowest BCUT2D eigenvalue weighted by Crippen LogP contribution is -2.43. The molecule has 0 spiro atoms. The molecule has 0 N–H and O–H groups in total. The second-order valence-electron chi connectivity index (χ2n) is 12.2. The van der Waals surface area contributed by atoms with Gasteiger partial charge in [-0.3, -0.25) is 0 Å². The quantitative estimate of drug-likeness (QED) is 0.108. The van der Waals surface area contributed by atoms with E-state index in [9.17, 15) is 0 Å². The molecule has 0 aromatic heterocycles. The molecular formula is C35H59NO4Si. The SMILES string of the molecule is CCCCc1cc(CCCC)c(OCOC)c(N(c2cc(CCCC)cc(CCCC)c2OCOC)[Si](C)(C)C)c1. The first-order valence-electron chi connectivity index (χ1n) is 16.1. The van der Waals surface area contributed by atoms with Gasteiger partial charge in [0, 0.05) is 14.2 Å². The summed E-state index contributed by atoms with van der Waals surface area (Å²) in [5, 5.41) is 0. The van der Waals surface area contributed by atoms with Gasteiger partial charge in [0.1, 0.15) is 11.5 Å². The molecule has 0 saturated carbocycles. The Morgan fingerprint density at radius 2 is 0.927 bits per heavy atom. The van der Waals surface area contributed by atoms with E-state index >= 15 is 0 Å². The maximum atomic E-state index is 6.48. The first-order chi connectivity index (χ1) is 19.7. The van der Waals surface area contributed by atoms with Crippen LogP contribution in [0.15, 0.2) is 24.3 Å². The largest absolute Gasteiger partial charge is 0.465 e. The van der Waals surface area contributed by atoms with Gasteiger partial charge in [-0.1, -0.05) is 85.2 Å². The Kier molecular flexibility index (Phi) is 15.9. The van der Waals surface area contributed by atoms with Crippen LogP contribution in [-0.2, 0) is 35.2 Å². The van der Waals surface area contributed by atoms with Gasteiger partial charge in [-0.2, -0.15) is 0 Å². The van der Waals surface area contributed by atoms with Crippen molar-refractivity contribution in [3.05, 3.63) is 46.5 Å². The number of anilines is 2. The molecular weight excluding hydrogens is 526 g/mol. The Bertz CT molecular complexity index is 958. The number of methoxy groups -OCH3 is 2. The molecule has 0 fully saturated rings. The number of ether oxygens (including phenoxy) is 4. The van der Waals surface area contributed by atoms with E-state index in [1.165, 1.54) is 47.9 Å². The van der Waals surface area contributed by atoms with Crippen molar-refractivity contribution in [1.82, 2.24) is 0 Å². The van der Waals surface area contributed by atoms with Crippen LogP contribution >= 0.6 is 0 Å². The first-order valence-corrected chi connectivity index (χ1v) is 19.5. The van der Waals surface area contributed by atoms with E-state index < -0.39 is 8.24 Å². The third-order valence-corrected chi connectivity index (χ3v) is 9.27. The van der Waals surface area contributed by atoms with Crippen molar-refractivity contribution in [3.63, 3.8) is 0 Å². The van der Waals surface area contributed by atoms with Crippen LogP contribution < -0.4 is 14.0 Å². The molecule has 2 aromatic rings. The summed E-state index contributed by atoms with van der Waals surface area (Å²) in [6, 6.07) is 9.54.